The standard InChI is InChI=1S/C18H14N6/c1-2-13(9-19-7-1)3-4-14-10-20-12-21-18(14)23-16-5-6-17-15(8-16)11-22-24-17/h1-12H,(H,22,24)(H,20,21,23)/b4-3+. The average Bonchev–Trinajstić information content (AvgIpc) is 3.10. The molecule has 6 nitrogen and oxygen atoms in total. The van der Waals surface area contributed by atoms with E-state index in [0.717, 1.165) is 33.5 Å². The number of rotatable bonds is 4. The van der Waals surface area contributed by atoms with Gasteiger partial charge in [0.15, 0.2) is 0 Å². The predicted octanol–water partition coefficient (Wildman–Crippen LogP) is 3.66. The van der Waals surface area contributed by atoms with Crippen molar-refractivity contribution in [2.45, 2.75) is 0 Å². The van der Waals surface area contributed by atoms with Gasteiger partial charge in [-0.1, -0.05) is 12.1 Å². The molecule has 4 aromatic rings. The van der Waals surface area contributed by atoms with Crippen LogP contribution in [-0.4, -0.2) is 25.1 Å². The van der Waals surface area contributed by atoms with Crippen LogP contribution in [0.3, 0.4) is 0 Å². The summed E-state index contributed by atoms with van der Waals surface area (Å²) in [5, 5.41) is 11.3. The number of fused-ring (bicyclic) bond motifs is 1. The quantitative estimate of drug-likeness (QED) is 0.601. The molecule has 0 radical (unpaired) electrons. The summed E-state index contributed by atoms with van der Waals surface area (Å²) in [6, 6.07) is 9.89. The van der Waals surface area contributed by atoms with E-state index >= 15 is 0 Å². The van der Waals surface area contributed by atoms with Gasteiger partial charge in [0.2, 0.25) is 0 Å². The molecule has 0 aliphatic heterocycles. The van der Waals surface area contributed by atoms with E-state index < -0.39 is 0 Å². The van der Waals surface area contributed by atoms with E-state index in [-0.39, 0.29) is 0 Å². The Hall–Kier alpha value is -3.54. The molecule has 1 aromatic carbocycles. The fraction of sp³-hybridized carbons (Fsp3) is 0. The second-order valence-corrected chi connectivity index (χ2v) is 5.24. The number of nitrogens with one attached hydrogen (secondary N) is 2. The van der Waals surface area contributed by atoms with Crippen LogP contribution >= 0.6 is 0 Å². The first kappa shape index (κ1) is 14.1. The van der Waals surface area contributed by atoms with Gasteiger partial charge in [0.1, 0.15) is 12.1 Å². The third-order valence-corrected chi connectivity index (χ3v) is 3.58. The monoisotopic (exact) mass is 314 g/mol. The summed E-state index contributed by atoms with van der Waals surface area (Å²) in [7, 11) is 0. The molecule has 6 heteroatoms. The Kier molecular flexibility index (Phi) is 3.69. The van der Waals surface area contributed by atoms with Crippen molar-refractivity contribution >= 4 is 34.6 Å². The van der Waals surface area contributed by atoms with Gasteiger partial charge in [0.05, 0.1) is 11.7 Å². The maximum Gasteiger partial charge on any atom is 0.141 e. The van der Waals surface area contributed by atoms with Gasteiger partial charge in [-0.3, -0.25) is 10.1 Å². The van der Waals surface area contributed by atoms with Crippen molar-refractivity contribution < 1.29 is 0 Å². The highest BCUT2D eigenvalue weighted by atomic mass is 15.1. The fourth-order valence-corrected chi connectivity index (χ4v) is 2.38. The number of benzene rings is 1. The van der Waals surface area contributed by atoms with Gasteiger partial charge in [-0.2, -0.15) is 5.10 Å². The van der Waals surface area contributed by atoms with Gasteiger partial charge in [-0.15, -0.1) is 0 Å². The molecule has 0 atom stereocenters. The average molecular weight is 314 g/mol. The molecule has 3 heterocycles. The van der Waals surface area contributed by atoms with E-state index in [1.165, 1.54) is 6.33 Å². The molecule has 0 saturated carbocycles. The minimum atomic E-state index is 0.744. The van der Waals surface area contributed by atoms with Crippen LogP contribution in [0.15, 0.2) is 61.4 Å². The van der Waals surface area contributed by atoms with Gasteiger partial charge in [-0.05, 0) is 35.9 Å². The van der Waals surface area contributed by atoms with Crippen molar-refractivity contribution in [3.63, 3.8) is 0 Å². The van der Waals surface area contributed by atoms with Crippen LogP contribution in [0.2, 0.25) is 0 Å². The molecule has 0 unspecified atom stereocenters. The van der Waals surface area contributed by atoms with E-state index in [9.17, 15) is 0 Å². The van der Waals surface area contributed by atoms with E-state index in [2.05, 4.69) is 30.5 Å². The highest BCUT2D eigenvalue weighted by Crippen LogP contribution is 2.22. The van der Waals surface area contributed by atoms with Gasteiger partial charge in [0, 0.05) is 35.2 Å². The van der Waals surface area contributed by atoms with Crippen molar-refractivity contribution in [2.75, 3.05) is 5.32 Å². The van der Waals surface area contributed by atoms with E-state index in [1.807, 2.05) is 42.5 Å². The number of H-pyrrole nitrogens is 1. The number of aromatic amines is 1. The molecular weight excluding hydrogens is 300 g/mol. The first-order valence-corrected chi connectivity index (χ1v) is 7.47. The van der Waals surface area contributed by atoms with E-state index in [0.29, 0.717) is 0 Å². The summed E-state index contributed by atoms with van der Waals surface area (Å²) in [4.78, 5) is 12.6. The Morgan fingerprint density at radius 1 is 1.00 bits per heavy atom. The summed E-state index contributed by atoms with van der Waals surface area (Å²) in [5.41, 5.74) is 3.86. The molecule has 4 rings (SSSR count). The summed E-state index contributed by atoms with van der Waals surface area (Å²) in [6.07, 6.45) is 12.6. The van der Waals surface area contributed by atoms with Crippen LogP contribution in [0.4, 0.5) is 11.5 Å². The lowest BCUT2D eigenvalue weighted by Gasteiger charge is -2.08. The molecule has 0 amide bonds. The maximum atomic E-state index is 4.34. The highest BCUT2D eigenvalue weighted by Gasteiger charge is 2.03. The zero-order chi connectivity index (χ0) is 16.2. The first-order chi connectivity index (χ1) is 11.9. The molecule has 0 bridgehead atoms. The summed E-state index contributed by atoms with van der Waals surface area (Å²) in [5.74, 6) is 0.744. The fourth-order valence-electron chi connectivity index (χ4n) is 2.38. The van der Waals surface area contributed by atoms with Crippen molar-refractivity contribution in [1.82, 2.24) is 25.1 Å². The number of nitrogens with zero attached hydrogens (tertiary/aromatic N) is 4. The molecule has 0 aliphatic rings. The normalized spacial score (nSPS) is 11.2. The Labute approximate surface area is 138 Å². The topological polar surface area (TPSA) is 79.4 Å². The summed E-state index contributed by atoms with van der Waals surface area (Å²) < 4.78 is 0. The predicted molar refractivity (Wildman–Crippen MR) is 94.6 cm³/mol. The van der Waals surface area contributed by atoms with Crippen LogP contribution in [0.25, 0.3) is 23.1 Å². The number of hydrogen-bond donors (Lipinski definition) is 2. The van der Waals surface area contributed by atoms with Crippen molar-refractivity contribution in [3.8, 4) is 0 Å². The second-order valence-electron chi connectivity index (χ2n) is 5.24. The SMILES string of the molecule is C(=C\c1cncnc1Nc1ccc2[nH]ncc2c1)/c1cccnc1. The first-order valence-electron chi connectivity index (χ1n) is 7.47. The zero-order valence-electron chi connectivity index (χ0n) is 12.7. The molecule has 0 fully saturated rings. The number of pyridine rings is 1. The van der Waals surface area contributed by atoms with Gasteiger partial charge in [0.25, 0.3) is 0 Å². The van der Waals surface area contributed by atoms with Gasteiger partial charge >= 0.3 is 0 Å². The van der Waals surface area contributed by atoms with E-state index in [4.69, 9.17) is 0 Å². The number of hydrogen-bond acceptors (Lipinski definition) is 5. The minimum absolute atomic E-state index is 0.744. The van der Waals surface area contributed by atoms with Crippen LogP contribution in [0, 0.1) is 0 Å². The molecule has 3 aromatic heterocycles. The lowest BCUT2D eigenvalue weighted by Crippen LogP contribution is -1.97. The van der Waals surface area contributed by atoms with Gasteiger partial charge < -0.3 is 5.32 Å². The maximum absolute atomic E-state index is 4.34. The molecule has 116 valence electrons. The lowest BCUT2D eigenvalue weighted by atomic mass is 10.2. The molecule has 2 N–H and O–H groups in total. The summed E-state index contributed by atoms with van der Waals surface area (Å²) in [6.45, 7) is 0. The lowest BCUT2D eigenvalue weighted by molar-refractivity contribution is 1.12. The minimum Gasteiger partial charge on any atom is -0.340 e. The number of anilines is 2. The third-order valence-electron chi connectivity index (χ3n) is 3.58. The Balaban J connectivity index is 1.62. The van der Waals surface area contributed by atoms with Gasteiger partial charge in [-0.25, -0.2) is 9.97 Å². The third kappa shape index (κ3) is 2.98. The molecule has 24 heavy (non-hydrogen) atoms. The Morgan fingerprint density at radius 3 is 2.92 bits per heavy atom. The Bertz CT molecular complexity index is 991. The van der Waals surface area contributed by atoms with E-state index in [1.54, 1.807) is 24.8 Å². The smallest absolute Gasteiger partial charge is 0.141 e. The largest absolute Gasteiger partial charge is 0.340 e. The Morgan fingerprint density at radius 2 is 2.00 bits per heavy atom. The van der Waals surface area contributed by atoms with Crippen LogP contribution in [0.1, 0.15) is 11.1 Å². The van der Waals surface area contributed by atoms with Crippen LogP contribution in [-0.2, 0) is 0 Å². The molecule has 0 saturated heterocycles. The van der Waals surface area contributed by atoms with Crippen molar-refractivity contribution in [1.29, 1.82) is 0 Å². The number of aromatic nitrogens is 5. The van der Waals surface area contributed by atoms with Crippen LogP contribution in [0.5, 0.6) is 0 Å². The van der Waals surface area contributed by atoms with Crippen molar-refractivity contribution in [3.05, 3.63) is 72.6 Å². The molecule has 0 aliphatic carbocycles. The summed E-state index contributed by atoms with van der Waals surface area (Å²) >= 11 is 0. The zero-order valence-corrected chi connectivity index (χ0v) is 12.7. The molecular formula is C18H14N6. The molecule has 0 spiro atoms. The van der Waals surface area contributed by atoms with Crippen molar-refractivity contribution in [2.24, 2.45) is 0 Å². The second kappa shape index (κ2) is 6.29. The van der Waals surface area contributed by atoms with Crippen LogP contribution < -0.4 is 5.32 Å². The highest BCUT2D eigenvalue weighted by molar-refractivity contribution is 5.84.